The summed E-state index contributed by atoms with van der Waals surface area (Å²) < 4.78 is 18.1. The molecule has 3 aromatic carbocycles. The van der Waals surface area contributed by atoms with Crippen LogP contribution >= 0.6 is 0 Å². The van der Waals surface area contributed by atoms with Gasteiger partial charge in [-0.15, -0.1) is 0 Å². The first-order valence-electron chi connectivity index (χ1n) is 19.5. The van der Waals surface area contributed by atoms with Crippen molar-refractivity contribution in [2.75, 3.05) is 21.1 Å². The number of cyclic esters (lactones) is 3. The van der Waals surface area contributed by atoms with Gasteiger partial charge >= 0.3 is 17.9 Å². The lowest BCUT2D eigenvalue weighted by atomic mass is 9.99. The Bertz CT molecular complexity index is 1620. The Hall–Kier alpha value is -5.52. The van der Waals surface area contributed by atoms with Gasteiger partial charge < -0.3 is 28.9 Å². The molecule has 6 atom stereocenters. The molecule has 57 heavy (non-hydrogen) atoms. The highest BCUT2D eigenvalue weighted by Crippen LogP contribution is 2.24. The molecule has 3 amide bonds. The summed E-state index contributed by atoms with van der Waals surface area (Å²) in [6.07, 6.45) is -3.99. The number of hydrogen-bond acceptors (Lipinski definition) is 9. The molecule has 1 heterocycles. The second-order valence-corrected chi connectivity index (χ2v) is 15.8. The van der Waals surface area contributed by atoms with Crippen LogP contribution < -0.4 is 0 Å². The Morgan fingerprint density at radius 1 is 0.404 bits per heavy atom. The van der Waals surface area contributed by atoms with E-state index in [0.29, 0.717) is 0 Å². The number of benzene rings is 3. The standard InChI is InChI=1S/C45H57N3O9/c1-28(2)37-40(49)46(7)35(26-32-21-15-11-16-22-32)44(53)56-39(30(5)6)42(51)48(9)36(27-33-23-17-12-18-24-33)45(54)57-38(29(3)4)41(50)47(8)34(43(52)55-37)25-31-19-13-10-14-20-31/h10-24,28-30,34-39H,25-27H2,1-9H3/t34-,35-,36+,37+,38+,39-/m0/s1. The predicted octanol–water partition coefficient (Wildman–Crippen LogP) is 4.91. The maximum absolute atomic E-state index is 14.4. The predicted molar refractivity (Wildman–Crippen MR) is 214 cm³/mol. The van der Waals surface area contributed by atoms with Crippen molar-refractivity contribution in [2.24, 2.45) is 17.8 Å². The molecule has 1 saturated heterocycles. The zero-order chi connectivity index (χ0) is 42.0. The summed E-state index contributed by atoms with van der Waals surface area (Å²) in [7, 11) is 4.31. The van der Waals surface area contributed by atoms with Gasteiger partial charge in [0, 0.05) is 40.4 Å². The number of rotatable bonds is 9. The second kappa shape index (κ2) is 20.1. The van der Waals surface area contributed by atoms with E-state index in [-0.39, 0.29) is 19.3 Å². The minimum absolute atomic E-state index is 0.0307. The molecule has 0 aliphatic carbocycles. The van der Waals surface area contributed by atoms with Gasteiger partial charge in [-0.3, -0.25) is 14.4 Å². The van der Waals surface area contributed by atoms with Gasteiger partial charge in [-0.05, 0) is 34.4 Å². The monoisotopic (exact) mass is 783 g/mol. The average Bonchev–Trinajstić information content (AvgIpc) is 3.19. The molecule has 4 rings (SSSR count). The van der Waals surface area contributed by atoms with Crippen molar-refractivity contribution in [2.45, 2.75) is 97.2 Å². The molecule has 0 saturated carbocycles. The first-order chi connectivity index (χ1) is 27.0. The minimum Gasteiger partial charge on any atom is -0.450 e. The van der Waals surface area contributed by atoms with Crippen LogP contribution in [-0.4, -0.2) is 108 Å². The highest BCUT2D eigenvalue weighted by atomic mass is 16.6. The van der Waals surface area contributed by atoms with Crippen LogP contribution in [0.15, 0.2) is 91.0 Å². The van der Waals surface area contributed by atoms with E-state index in [2.05, 4.69) is 0 Å². The van der Waals surface area contributed by atoms with E-state index in [1.807, 2.05) is 18.2 Å². The Kier molecular flexibility index (Phi) is 15.6. The van der Waals surface area contributed by atoms with Crippen LogP contribution in [0.25, 0.3) is 0 Å². The highest BCUT2D eigenvalue weighted by Gasteiger charge is 2.44. The lowest BCUT2D eigenvalue weighted by molar-refractivity contribution is -0.179. The molecule has 0 N–H and O–H groups in total. The molecular formula is C45H57N3O9. The summed E-state index contributed by atoms with van der Waals surface area (Å²) in [5, 5.41) is 0. The molecular weight excluding hydrogens is 727 g/mol. The third-order valence-electron chi connectivity index (χ3n) is 10.4. The fourth-order valence-corrected chi connectivity index (χ4v) is 6.74. The maximum atomic E-state index is 14.4. The normalized spacial score (nSPS) is 23.7. The average molecular weight is 784 g/mol. The van der Waals surface area contributed by atoms with Gasteiger partial charge in [0.25, 0.3) is 17.7 Å². The molecule has 0 spiro atoms. The van der Waals surface area contributed by atoms with Crippen LogP contribution in [0.3, 0.4) is 0 Å². The fraction of sp³-hybridized carbons (Fsp3) is 0.467. The third kappa shape index (κ3) is 11.3. The Morgan fingerprint density at radius 2 is 0.614 bits per heavy atom. The topological polar surface area (TPSA) is 140 Å². The maximum Gasteiger partial charge on any atom is 0.329 e. The number of amides is 3. The van der Waals surface area contributed by atoms with E-state index in [0.717, 1.165) is 16.7 Å². The number of esters is 3. The van der Waals surface area contributed by atoms with Gasteiger partial charge in [0.05, 0.1) is 0 Å². The van der Waals surface area contributed by atoms with Gasteiger partial charge in [-0.2, -0.15) is 0 Å². The molecule has 0 radical (unpaired) electrons. The van der Waals surface area contributed by atoms with Crippen LogP contribution in [0.1, 0.15) is 58.2 Å². The zero-order valence-electron chi connectivity index (χ0n) is 34.5. The van der Waals surface area contributed by atoms with Crippen molar-refractivity contribution in [3.63, 3.8) is 0 Å². The number of likely N-dealkylation sites (N-methyl/N-ethyl adjacent to an activating group) is 3. The van der Waals surface area contributed by atoms with Crippen molar-refractivity contribution < 1.29 is 43.0 Å². The van der Waals surface area contributed by atoms with Crippen molar-refractivity contribution >= 4 is 35.6 Å². The number of nitrogens with zero attached hydrogens (tertiary/aromatic N) is 3. The van der Waals surface area contributed by atoms with Gasteiger partial charge in [0.15, 0.2) is 18.3 Å². The number of carbonyl (C=O) groups excluding carboxylic acids is 6. The number of ether oxygens (including phenoxy) is 3. The molecule has 1 fully saturated rings. The number of carbonyl (C=O) groups is 6. The molecule has 306 valence electrons. The van der Waals surface area contributed by atoms with E-state index in [1.54, 1.807) is 114 Å². The molecule has 1 aliphatic rings. The lowest BCUT2D eigenvalue weighted by Crippen LogP contribution is -2.56. The highest BCUT2D eigenvalue weighted by molar-refractivity contribution is 5.94. The first kappa shape index (κ1) is 44.2. The summed E-state index contributed by atoms with van der Waals surface area (Å²) in [5.41, 5.74) is 2.16. The Labute approximate surface area is 336 Å². The fourth-order valence-electron chi connectivity index (χ4n) is 6.74. The summed E-state index contributed by atoms with van der Waals surface area (Å²) in [4.78, 5) is 89.9. The van der Waals surface area contributed by atoms with Gasteiger partial charge in [-0.25, -0.2) is 14.4 Å². The van der Waals surface area contributed by atoms with E-state index < -0.39 is 89.8 Å². The lowest BCUT2D eigenvalue weighted by Gasteiger charge is -2.37. The molecule has 12 heteroatoms. The van der Waals surface area contributed by atoms with Gasteiger partial charge in [0.2, 0.25) is 0 Å². The van der Waals surface area contributed by atoms with E-state index in [1.165, 1.54) is 35.8 Å². The Morgan fingerprint density at radius 3 is 0.807 bits per heavy atom. The Balaban J connectivity index is 1.88. The smallest absolute Gasteiger partial charge is 0.329 e. The molecule has 0 bridgehead atoms. The summed E-state index contributed by atoms with van der Waals surface area (Å²) in [5.74, 6) is -6.18. The largest absolute Gasteiger partial charge is 0.450 e. The van der Waals surface area contributed by atoms with Crippen molar-refractivity contribution in [3.05, 3.63) is 108 Å². The van der Waals surface area contributed by atoms with Crippen molar-refractivity contribution in [3.8, 4) is 0 Å². The van der Waals surface area contributed by atoms with Crippen LogP contribution in [0.2, 0.25) is 0 Å². The first-order valence-corrected chi connectivity index (χ1v) is 19.5. The van der Waals surface area contributed by atoms with Crippen LogP contribution in [0, 0.1) is 17.8 Å². The van der Waals surface area contributed by atoms with E-state index in [9.17, 15) is 28.8 Å². The quantitative estimate of drug-likeness (QED) is 0.219. The minimum atomic E-state index is -1.36. The van der Waals surface area contributed by atoms with Crippen molar-refractivity contribution in [1.82, 2.24) is 14.7 Å². The van der Waals surface area contributed by atoms with Crippen LogP contribution in [0.4, 0.5) is 0 Å². The second-order valence-electron chi connectivity index (χ2n) is 15.8. The third-order valence-corrected chi connectivity index (χ3v) is 10.4. The molecule has 1 aliphatic heterocycles. The van der Waals surface area contributed by atoms with E-state index >= 15 is 0 Å². The molecule has 3 aromatic rings. The van der Waals surface area contributed by atoms with Crippen molar-refractivity contribution in [1.29, 1.82) is 0 Å². The summed E-state index contributed by atoms with van der Waals surface area (Å²) in [6.45, 7) is 10.3. The van der Waals surface area contributed by atoms with Gasteiger partial charge in [-0.1, -0.05) is 133 Å². The van der Waals surface area contributed by atoms with Crippen LogP contribution in [0.5, 0.6) is 0 Å². The zero-order valence-corrected chi connectivity index (χ0v) is 34.5. The number of hydrogen-bond donors (Lipinski definition) is 0. The molecule has 12 nitrogen and oxygen atoms in total. The summed E-state index contributed by atoms with van der Waals surface area (Å²) >= 11 is 0. The van der Waals surface area contributed by atoms with E-state index in [4.69, 9.17) is 14.2 Å². The summed E-state index contributed by atoms with van der Waals surface area (Å²) in [6, 6.07) is 23.4. The van der Waals surface area contributed by atoms with Gasteiger partial charge in [0.1, 0.15) is 18.1 Å². The molecule has 0 aromatic heterocycles. The molecule has 0 unspecified atom stereocenters. The van der Waals surface area contributed by atoms with Crippen LogP contribution in [-0.2, 0) is 62.2 Å². The SMILES string of the molecule is CC(C)[C@@H]1OC(=O)[C@H](Cc2ccccc2)N(C)C(=O)[C@@H](C(C)C)OC(=O)[C@H](Cc2ccccc2)N(C)C(=O)[C@@H](C(C)C)OC(=O)[C@@H](Cc2ccccc2)N(C)C1=O.